The molecule has 9 nitrogen and oxygen atoms in total. The lowest BCUT2D eigenvalue weighted by Gasteiger charge is -2.26. The first kappa shape index (κ1) is 31.9. The molecule has 0 saturated heterocycles. The molecule has 0 aliphatic heterocycles. The SMILES string of the molecule is COC[C@H](C)N[C@H]1CC=C(c2cnc(N)c3c(-c4ccc(NS(=O)(=O)Cc5ccccc5Cl)c(F)c4)nn(C(C)C)c23)CC1. The second-order valence-corrected chi connectivity index (χ2v) is 13.7. The number of benzene rings is 2. The van der Waals surface area contributed by atoms with Gasteiger partial charge in [-0.25, -0.2) is 17.8 Å². The fourth-order valence-corrected chi connectivity index (χ4v) is 7.22. The summed E-state index contributed by atoms with van der Waals surface area (Å²) in [4.78, 5) is 4.52. The van der Waals surface area contributed by atoms with Crippen molar-refractivity contribution >= 4 is 49.6 Å². The van der Waals surface area contributed by atoms with E-state index < -0.39 is 15.8 Å². The molecule has 0 amide bonds. The van der Waals surface area contributed by atoms with Gasteiger partial charge in [-0.05, 0) is 69.4 Å². The maximum absolute atomic E-state index is 15.4. The number of nitrogens with zero attached hydrogens (tertiary/aromatic N) is 3. The minimum absolute atomic E-state index is 0.0129. The highest BCUT2D eigenvalue weighted by Crippen LogP contribution is 2.39. The Balaban J connectivity index is 1.47. The fraction of sp³-hybridized carbons (Fsp3) is 0.375. The molecule has 0 radical (unpaired) electrons. The van der Waals surface area contributed by atoms with Crippen LogP contribution in [0.25, 0.3) is 27.7 Å². The molecule has 2 atom stereocenters. The topological polar surface area (TPSA) is 124 Å². The highest BCUT2D eigenvalue weighted by Gasteiger charge is 2.25. The number of halogens is 2. The number of hydrogen-bond donors (Lipinski definition) is 3. The first-order valence-corrected chi connectivity index (χ1v) is 16.6. The van der Waals surface area contributed by atoms with Crippen molar-refractivity contribution in [3.63, 3.8) is 0 Å². The van der Waals surface area contributed by atoms with E-state index in [2.05, 4.69) is 28.0 Å². The van der Waals surface area contributed by atoms with Gasteiger partial charge in [0.15, 0.2) is 0 Å². The molecule has 0 spiro atoms. The van der Waals surface area contributed by atoms with Gasteiger partial charge < -0.3 is 15.8 Å². The average Bonchev–Trinajstić information content (AvgIpc) is 3.38. The highest BCUT2D eigenvalue weighted by molar-refractivity contribution is 7.91. The van der Waals surface area contributed by atoms with Crippen LogP contribution >= 0.6 is 11.6 Å². The lowest BCUT2D eigenvalue weighted by atomic mass is 9.90. The molecule has 44 heavy (non-hydrogen) atoms. The molecule has 2 aromatic carbocycles. The Morgan fingerprint density at radius 2 is 1.98 bits per heavy atom. The Bertz CT molecular complexity index is 1810. The van der Waals surface area contributed by atoms with E-state index >= 15 is 4.39 Å². The van der Waals surface area contributed by atoms with Gasteiger partial charge in [0.2, 0.25) is 10.0 Å². The first-order chi connectivity index (χ1) is 21.0. The molecule has 0 bridgehead atoms. The molecule has 4 aromatic rings. The van der Waals surface area contributed by atoms with Crippen LogP contribution in [-0.4, -0.2) is 49.0 Å². The normalized spacial score (nSPS) is 16.3. The van der Waals surface area contributed by atoms with E-state index in [4.69, 9.17) is 27.2 Å². The predicted molar refractivity (Wildman–Crippen MR) is 176 cm³/mol. The minimum atomic E-state index is -3.93. The monoisotopic (exact) mass is 640 g/mol. The van der Waals surface area contributed by atoms with Gasteiger partial charge in [-0.3, -0.25) is 9.40 Å². The second-order valence-electron chi connectivity index (χ2n) is 11.5. The molecule has 1 aliphatic rings. The first-order valence-electron chi connectivity index (χ1n) is 14.6. The predicted octanol–water partition coefficient (Wildman–Crippen LogP) is 6.56. The summed E-state index contributed by atoms with van der Waals surface area (Å²) < 4.78 is 50.6. The smallest absolute Gasteiger partial charge is 0.237 e. The lowest BCUT2D eigenvalue weighted by Crippen LogP contribution is -2.39. The summed E-state index contributed by atoms with van der Waals surface area (Å²) >= 11 is 6.13. The zero-order valence-corrected chi connectivity index (χ0v) is 26.8. The molecule has 2 aromatic heterocycles. The molecule has 4 N–H and O–H groups in total. The van der Waals surface area contributed by atoms with Crippen molar-refractivity contribution in [2.24, 2.45) is 0 Å². The number of nitrogen functional groups attached to an aromatic ring is 1. The number of pyridine rings is 1. The van der Waals surface area contributed by atoms with E-state index in [-0.39, 0.29) is 23.5 Å². The number of anilines is 2. The van der Waals surface area contributed by atoms with Crippen molar-refractivity contribution in [3.05, 3.63) is 76.7 Å². The van der Waals surface area contributed by atoms with Gasteiger partial charge >= 0.3 is 0 Å². The molecule has 2 heterocycles. The van der Waals surface area contributed by atoms with Crippen LogP contribution in [0, 0.1) is 5.82 Å². The minimum Gasteiger partial charge on any atom is -0.383 e. The second kappa shape index (κ2) is 13.2. The number of rotatable bonds is 11. The Labute approximate surface area is 262 Å². The molecular weight excluding hydrogens is 603 g/mol. The third-order valence-electron chi connectivity index (χ3n) is 7.75. The van der Waals surface area contributed by atoms with Crippen LogP contribution in [0.15, 0.2) is 54.7 Å². The zero-order chi connectivity index (χ0) is 31.6. The molecule has 12 heteroatoms. The van der Waals surface area contributed by atoms with Gasteiger partial charge in [-0.15, -0.1) is 0 Å². The van der Waals surface area contributed by atoms with E-state index in [1.165, 1.54) is 17.7 Å². The Kier molecular flexibility index (Phi) is 9.59. The Morgan fingerprint density at radius 3 is 2.64 bits per heavy atom. The van der Waals surface area contributed by atoms with Crippen molar-refractivity contribution in [3.8, 4) is 11.3 Å². The average molecular weight is 641 g/mol. The molecule has 0 saturated carbocycles. The molecular formula is C32H38ClFN6O3S. The summed E-state index contributed by atoms with van der Waals surface area (Å²) in [6.45, 7) is 6.83. The number of sulfonamides is 1. The quantitative estimate of drug-likeness (QED) is 0.170. The van der Waals surface area contributed by atoms with Crippen LogP contribution in [-0.2, 0) is 20.5 Å². The Hall–Kier alpha value is -3.51. The summed E-state index contributed by atoms with van der Waals surface area (Å²) in [6, 6.07) is 11.5. The van der Waals surface area contributed by atoms with Crippen LogP contribution in [0.4, 0.5) is 15.9 Å². The molecule has 0 fully saturated rings. The summed E-state index contributed by atoms with van der Waals surface area (Å²) in [6.07, 6.45) is 6.74. The maximum Gasteiger partial charge on any atom is 0.237 e. The van der Waals surface area contributed by atoms with E-state index in [0.717, 1.165) is 30.3 Å². The number of fused-ring (bicyclic) bond motifs is 1. The number of methoxy groups -OCH3 is 1. The van der Waals surface area contributed by atoms with Gasteiger partial charge in [-0.2, -0.15) is 5.10 Å². The van der Waals surface area contributed by atoms with Crippen LogP contribution in [0.2, 0.25) is 5.02 Å². The number of allylic oxidation sites excluding steroid dienone is 1. The van der Waals surface area contributed by atoms with Gasteiger partial charge in [0, 0.05) is 47.6 Å². The van der Waals surface area contributed by atoms with E-state index in [9.17, 15) is 8.42 Å². The number of aromatic nitrogens is 3. The van der Waals surface area contributed by atoms with E-state index in [1.54, 1.807) is 43.6 Å². The van der Waals surface area contributed by atoms with Crippen molar-refractivity contribution in [2.45, 2.75) is 63.9 Å². The zero-order valence-electron chi connectivity index (χ0n) is 25.3. The van der Waals surface area contributed by atoms with Crippen molar-refractivity contribution in [1.82, 2.24) is 20.1 Å². The Morgan fingerprint density at radius 1 is 1.20 bits per heavy atom. The maximum atomic E-state index is 15.4. The van der Waals surface area contributed by atoms with Crippen LogP contribution < -0.4 is 15.8 Å². The summed E-state index contributed by atoms with van der Waals surface area (Å²) in [5, 5.41) is 9.47. The molecule has 1 aliphatic carbocycles. The summed E-state index contributed by atoms with van der Waals surface area (Å²) in [5.74, 6) is -0.836. The van der Waals surface area contributed by atoms with Crippen molar-refractivity contribution in [1.29, 1.82) is 0 Å². The number of nitrogens with two attached hydrogens (primary N) is 1. The number of ether oxygens (including phenoxy) is 1. The van der Waals surface area contributed by atoms with Crippen molar-refractivity contribution in [2.75, 3.05) is 24.2 Å². The van der Waals surface area contributed by atoms with Crippen LogP contribution in [0.5, 0.6) is 0 Å². The van der Waals surface area contributed by atoms with Gasteiger partial charge in [-0.1, -0.05) is 41.9 Å². The third-order valence-corrected chi connectivity index (χ3v) is 9.34. The van der Waals surface area contributed by atoms with E-state index in [0.29, 0.717) is 45.7 Å². The van der Waals surface area contributed by atoms with Crippen molar-refractivity contribution < 1.29 is 17.5 Å². The third kappa shape index (κ3) is 6.91. The molecule has 0 unspecified atom stereocenters. The van der Waals surface area contributed by atoms with Gasteiger partial charge in [0.1, 0.15) is 17.3 Å². The molecule has 234 valence electrons. The summed E-state index contributed by atoms with van der Waals surface area (Å²) in [5.41, 5.74) is 10.6. The van der Waals surface area contributed by atoms with Gasteiger partial charge in [0.25, 0.3) is 0 Å². The largest absolute Gasteiger partial charge is 0.383 e. The van der Waals surface area contributed by atoms with Gasteiger partial charge in [0.05, 0.1) is 29.0 Å². The number of hydrogen-bond acceptors (Lipinski definition) is 7. The van der Waals surface area contributed by atoms with Crippen LogP contribution in [0.1, 0.15) is 57.2 Å². The summed E-state index contributed by atoms with van der Waals surface area (Å²) in [7, 11) is -2.23. The lowest BCUT2D eigenvalue weighted by molar-refractivity contribution is 0.165. The standard InChI is InChI=1S/C32H38ClFN6O3S/c1-19(2)40-31-25(21-9-12-24(13-10-21)37-20(3)17-43-4)16-36-32(35)29(31)30(38-40)22-11-14-28(27(34)15-22)39-44(41,42)18-23-7-5-6-8-26(23)33/h5-9,11,14-16,19-20,24,37,39H,10,12-13,17-18H2,1-4H3,(H2,35,36)/t20-,24-/m0/s1. The highest BCUT2D eigenvalue weighted by atomic mass is 35.5. The van der Waals surface area contributed by atoms with E-state index in [1.807, 2.05) is 18.5 Å². The fourth-order valence-electron chi connectivity index (χ4n) is 5.71. The van der Waals surface area contributed by atoms with Crippen LogP contribution in [0.3, 0.4) is 0 Å². The number of nitrogens with one attached hydrogen (secondary N) is 2. The molecule has 5 rings (SSSR count).